The van der Waals surface area contributed by atoms with Gasteiger partial charge in [-0.2, -0.15) is 0 Å². The van der Waals surface area contributed by atoms with Crippen LogP contribution in [0.1, 0.15) is 19.4 Å². The van der Waals surface area contributed by atoms with E-state index in [9.17, 15) is 4.79 Å². The summed E-state index contributed by atoms with van der Waals surface area (Å²) in [6.45, 7) is 3.94. The molecule has 0 unspecified atom stereocenters. The Balaban J connectivity index is 2.73. The molecule has 0 fully saturated rings. The van der Waals surface area contributed by atoms with Crippen LogP contribution in [0.4, 0.5) is 0 Å². The van der Waals surface area contributed by atoms with E-state index in [1.807, 2.05) is 38.1 Å². The van der Waals surface area contributed by atoms with E-state index in [-0.39, 0.29) is 12.0 Å². The minimum absolute atomic E-state index is 0.130. The van der Waals surface area contributed by atoms with E-state index in [0.717, 1.165) is 16.4 Å². The minimum atomic E-state index is -0.215. The van der Waals surface area contributed by atoms with Gasteiger partial charge >= 0.3 is 0 Å². The Morgan fingerprint density at radius 2 is 2.11 bits per heavy atom. The number of ether oxygens (including phenoxy) is 1. The third-order valence-corrected chi connectivity index (χ3v) is 2.23. The fourth-order valence-electron chi connectivity index (χ4n) is 1.33. The molecule has 0 aliphatic carbocycles. The highest BCUT2D eigenvalue weighted by Gasteiger charge is 2.02. The Kier molecular flexibility index (Phi) is 5.39. The first-order valence-electron chi connectivity index (χ1n) is 5.79. The van der Waals surface area contributed by atoms with Gasteiger partial charge < -0.3 is 4.74 Å². The summed E-state index contributed by atoms with van der Waals surface area (Å²) in [4.78, 5) is 16.3. The van der Waals surface area contributed by atoms with E-state index in [1.165, 1.54) is 13.2 Å². The Morgan fingerprint density at radius 3 is 2.72 bits per heavy atom. The van der Waals surface area contributed by atoms with Crippen LogP contribution in [-0.4, -0.2) is 31.2 Å². The van der Waals surface area contributed by atoms with Crippen LogP contribution in [-0.2, 0) is 9.63 Å². The maximum absolute atomic E-state index is 11.5. The molecule has 0 aliphatic rings. The van der Waals surface area contributed by atoms with Crippen molar-refractivity contribution >= 4 is 12.0 Å². The first-order valence-corrected chi connectivity index (χ1v) is 5.79. The summed E-state index contributed by atoms with van der Waals surface area (Å²) in [6, 6.07) is 7.57. The predicted octanol–water partition coefficient (Wildman–Crippen LogP) is 2.51. The van der Waals surface area contributed by atoms with Gasteiger partial charge in [0.2, 0.25) is 0 Å². The highest BCUT2D eigenvalue weighted by molar-refractivity contribution is 5.90. The van der Waals surface area contributed by atoms with Gasteiger partial charge in [-0.15, -0.1) is 0 Å². The number of rotatable bonds is 5. The number of carbonyl (C=O) groups excluding carboxylic acids is 1. The third-order valence-electron chi connectivity index (χ3n) is 2.23. The Bertz CT molecular complexity index is 427. The predicted molar refractivity (Wildman–Crippen MR) is 71.0 cm³/mol. The maximum Gasteiger partial charge on any atom is 0.269 e. The quantitative estimate of drug-likeness (QED) is 0.594. The average Bonchev–Trinajstić information content (AvgIpc) is 2.34. The van der Waals surface area contributed by atoms with Crippen molar-refractivity contribution in [1.82, 2.24) is 5.06 Å². The second-order valence-electron chi connectivity index (χ2n) is 4.09. The average molecular weight is 249 g/mol. The van der Waals surface area contributed by atoms with Crippen LogP contribution in [0.5, 0.6) is 5.75 Å². The number of hydroxylamine groups is 2. The molecular weight excluding hydrogens is 230 g/mol. The van der Waals surface area contributed by atoms with Gasteiger partial charge in [-0.3, -0.25) is 9.63 Å². The lowest BCUT2D eigenvalue weighted by Gasteiger charge is -2.11. The van der Waals surface area contributed by atoms with Gasteiger partial charge in [0, 0.05) is 13.1 Å². The van der Waals surface area contributed by atoms with E-state index in [1.54, 1.807) is 13.1 Å². The Morgan fingerprint density at radius 1 is 1.39 bits per heavy atom. The monoisotopic (exact) mass is 249 g/mol. The van der Waals surface area contributed by atoms with Gasteiger partial charge in [-0.25, -0.2) is 5.06 Å². The van der Waals surface area contributed by atoms with Gasteiger partial charge in [0.15, 0.2) is 0 Å². The number of carbonyl (C=O) groups is 1. The highest BCUT2D eigenvalue weighted by Crippen LogP contribution is 2.15. The zero-order valence-corrected chi connectivity index (χ0v) is 11.2. The molecule has 0 atom stereocenters. The van der Waals surface area contributed by atoms with Gasteiger partial charge in [0.05, 0.1) is 13.2 Å². The first-order chi connectivity index (χ1) is 8.52. The largest absolute Gasteiger partial charge is 0.491 e. The van der Waals surface area contributed by atoms with Crippen LogP contribution in [0, 0.1) is 0 Å². The molecule has 0 bridgehead atoms. The summed E-state index contributed by atoms with van der Waals surface area (Å²) in [5.41, 5.74) is 0.908. The lowest BCUT2D eigenvalue weighted by Crippen LogP contribution is -2.22. The van der Waals surface area contributed by atoms with Gasteiger partial charge in [-0.05, 0) is 37.6 Å². The number of hydrogen-bond acceptors (Lipinski definition) is 3. The summed E-state index contributed by atoms with van der Waals surface area (Å²) >= 11 is 0. The molecule has 0 saturated carbocycles. The minimum Gasteiger partial charge on any atom is -0.491 e. The van der Waals surface area contributed by atoms with Crippen LogP contribution in [0.2, 0.25) is 0 Å². The normalized spacial score (nSPS) is 10.9. The zero-order valence-electron chi connectivity index (χ0n) is 11.2. The van der Waals surface area contributed by atoms with E-state index >= 15 is 0 Å². The van der Waals surface area contributed by atoms with Crippen LogP contribution >= 0.6 is 0 Å². The fourth-order valence-corrected chi connectivity index (χ4v) is 1.33. The molecule has 4 heteroatoms. The van der Waals surface area contributed by atoms with Gasteiger partial charge in [0.1, 0.15) is 5.75 Å². The molecular formula is C14H19NO3. The standard InChI is InChI=1S/C14H19NO3/c1-11(2)18-13-7-5-6-12(10-13)8-9-14(16)15(3)17-4/h5-11H,1-4H3/b9-8+. The lowest BCUT2D eigenvalue weighted by molar-refractivity contribution is -0.162. The second kappa shape index (κ2) is 6.81. The molecule has 0 aromatic heterocycles. The van der Waals surface area contributed by atoms with Crippen molar-refractivity contribution in [1.29, 1.82) is 0 Å². The van der Waals surface area contributed by atoms with E-state index in [0.29, 0.717) is 0 Å². The Hall–Kier alpha value is -1.81. The lowest BCUT2D eigenvalue weighted by atomic mass is 10.2. The zero-order chi connectivity index (χ0) is 13.5. The van der Waals surface area contributed by atoms with Crippen molar-refractivity contribution in [3.05, 3.63) is 35.9 Å². The molecule has 1 amide bonds. The molecule has 98 valence electrons. The Labute approximate surface area is 108 Å². The summed E-state index contributed by atoms with van der Waals surface area (Å²) < 4.78 is 5.58. The summed E-state index contributed by atoms with van der Waals surface area (Å²) in [7, 11) is 3.01. The molecule has 1 aromatic rings. The molecule has 0 N–H and O–H groups in total. The summed E-state index contributed by atoms with van der Waals surface area (Å²) in [5, 5.41) is 1.16. The van der Waals surface area contributed by atoms with Crippen molar-refractivity contribution in [3.8, 4) is 5.75 Å². The van der Waals surface area contributed by atoms with Gasteiger partial charge in [0.25, 0.3) is 5.91 Å². The number of likely N-dealkylation sites (N-methyl/N-ethyl adjacent to an activating group) is 1. The van der Waals surface area contributed by atoms with Crippen molar-refractivity contribution < 1.29 is 14.4 Å². The van der Waals surface area contributed by atoms with E-state index < -0.39 is 0 Å². The summed E-state index contributed by atoms with van der Waals surface area (Å²) in [5.74, 6) is 0.576. The number of hydrogen-bond donors (Lipinski definition) is 0. The van der Waals surface area contributed by atoms with Crippen LogP contribution in [0.25, 0.3) is 6.08 Å². The van der Waals surface area contributed by atoms with Crippen LogP contribution in [0.15, 0.2) is 30.3 Å². The number of benzene rings is 1. The molecule has 0 spiro atoms. The van der Waals surface area contributed by atoms with Crippen molar-refractivity contribution in [3.63, 3.8) is 0 Å². The number of amides is 1. The molecule has 0 radical (unpaired) electrons. The molecule has 0 saturated heterocycles. The summed E-state index contributed by atoms with van der Waals surface area (Å²) in [6.07, 6.45) is 3.31. The smallest absolute Gasteiger partial charge is 0.269 e. The molecule has 1 rings (SSSR count). The second-order valence-corrected chi connectivity index (χ2v) is 4.09. The van der Waals surface area contributed by atoms with Crippen LogP contribution < -0.4 is 4.74 Å². The van der Waals surface area contributed by atoms with Gasteiger partial charge in [-0.1, -0.05) is 12.1 Å². The topological polar surface area (TPSA) is 38.8 Å². The maximum atomic E-state index is 11.5. The highest BCUT2D eigenvalue weighted by atomic mass is 16.7. The van der Waals surface area contributed by atoms with E-state index in [4.69, 9.17) is 9.57 Å². The molecule has 0 heterocycles. The number of nitrogens with zero attached hydrogens (tertiary/aromatic N) is 1. The molecule has 0 aliphatic heterocycles. The molecule has 18 heavy (non-hydrogen) atoms. The van der Waals surface area contributed by atoms with Crippen molar-refractivity contribution in [2.45, 2.75) is 20.0 Å². The molecule has 4 nitrogen and oxygen atoms in total. The van der Waals surface area contributed by atoms with Crippen molar-refractivity contribution in [2.75, 3.05) is 14.2 Å². The fraction of sp³-hybridized carbons (Fsp3) is 0.357. The SMILES string of the molecule is CON(C)C(=O)/C=C/c1cccc(OC(C)C)c1. The van der Waals surface area contributed by atoms with Crippen molar-refractivity contribution in [2.24, 2.45) is 0 Å². The third kappa shape index (κ3) is 4.59. The van der Waals surface area contributed by atoms with E-state index in [2.05, 4.69) is 0 Å². The van der Waals surface area contributed by atoms with Crippen LogP contribution in [0.3, 0.4) is 0 Å². The first kappa shape index (κ1) is 14.3. The molecule has 1 aromatic carbocycles.